The lowest BCUT2D eigenvalue weighted by Crippen LogP contribution is -2.47. The zero-order chi connectivity index (χ0) is 29.3. The maximum atomic E-state index is 13.7. The molecule has 0 bridgehead atoms. The normalized spacial score (nSPS) is 16.5. The fraction of sp³-hybridized carbons (Fsp3) is 0.345. The van der Waals surface area contributed by atoms with E-state index in [-0.39, 0.29) is 10.6 Å². The third kappa shape index (κ3) is 6.07. The molecule has 214 valence electrons. The molecule has 1 aliphatic heterocycles. The summed E-state index contributed by atoms with van der Waals surface area (Å²) in [4.78, 5) is 13.3. The Balaban J connectivity index is 1.72. The smallest absolute Gasteiger partial charge is 0.417 e. The average Bonchev–Trinajstić information content (AvgIpc) is 2.91. The quantitative estimate of drug-likeness (QED) is 0.303. The molecule has 1 unspecified atom stereocenters. The van der Waals surface area contributed by atoms with Crippen LogP contribution < -0.4 is 14.4 Å². The number of anilines is 1. The first kappa shape index (κ1) is 29.7. The van der Waals surface area contributed by atoms with Crippen LogP contribution in [-0.4, -0.2) is 26.5 Å². The number of aryl methyl sites for hydroxylation is 1. The molecular weight excluding hydrogens is 565 g/mol. The van der Waals surface area contributed by atoms with Crippen molar-refractivity contribution < 1.29 is 31.1 Å². The molecule has 0 fully saturated rings. The molecule has 1 N–H and O–H groups in total. The first-order valence-corrected chi connectivity index (χ1v) is 14.6. The molecule has 1 aliphatic rings. The molecule has 0 aromatic heterocycles. The SMILES string of the molecule is CCC1(CC)CC(NC(=O)CN(c2ccc(Cl)c(C(F)(F)F)c2)S(=O)(=O)c2ccc(C)cc2)c2ccccc2O1. The summed E-state index contributed by atoms with van der Waals surface area (Å²) in [6.07, 6.45) is -3.01. The van der Waals surface area contributed by atoms with Gasteiger partial charge in [0.25, 0.3) is 10.0 Å². The van der Waals surface area contributed by atoms with Crippen LogP contribution in [0.15, 0.2) is 71.6 Å². The minimum absolute atomic E-state index is 0.165. The second-order valence-corrected chi connectivity index (χ2v) is 12.1. The van der Waals surface area contributed by atoms with Crippen LogP contribution in [-0.2, 0) is 21.0 Å². The molecule has 3 aromatic carbocycles. The predicted octanol–water partition coefficient (Wildman–Crippen LogP) is 7.06. The number of fused-ring (bicyclic) bond motifs is 1. The summed E-state index contributed by atoms with van der Waals surface area (Å²) in [5.74, 6) is -0.0543. The van der Waals surface area contributed by atoms with E-state index in [9.17, 15) is 26.4 Å². The van der Waals surface area contributed by atoms with Gasteiger partial charge < -0.3 is 10.1 Å². The van der Waals surface area contributed by atoms with Crippen molar-refractivity contribution in [1.29, 1.82) is 0 Å². The number of sulfonamides is 1. The van der Waals surface area contributed by atoms with Crippen molar-refractivity contribution in [2.45, 2.75) is 62.7 Å². The summed E-state index contributed by atoms with van der Waals surface area (Å²) in [7, 11) is -4.44. The number of hydrogen-bond donors (Lipinski definition) is 1. The Morgan fingerprint density at radius 2 is 1.73 bits per heavy atom. The van der Waals surface area contributed by atoms with Crippen molar-refractivity contribution in [2.75, 3.05) is 10.8 Å². The second kappa shape index (κ2) is 11.3. The number of nitrogens with zero attached hydrogens (tertiary/aromatic N) is 1. The summed E-state index contributed by atoms with van der Waals surface area (Å²) in [5.41, 5.74) is -0.533. The molecule has 6 nitrogen and oxygen atoms in total. The van der Waals surface area contributed by atoms with Crippen LogP contribution in [0.2, 0.25) is 5.02 Å². The van der Waals surface area contributed by atoms with E-state index in [1.807, 2.05) is 38.1 Å². The lowest BCUT2D eigenvalue weighted by Gasteiger charge is -2.41. The molecular formula is C29H30ClF3N2O4S. The molecule has 1 amide bonds. The number of nitrogens with one attached hydrogen (secondary N) is 1. The predicted molar refractivity (Wildman–Crippen MR) is 148 cm³/mol. The van der Waals surface area contributed by atoms with Crippen LogP contribution in [0.4, 0.5) is 18.9 Å². The van der Waals surface area contributed by atoms with Crippen LogP contribution in [0.1, 0.15) is 55.8 Å². The molecule has 3 aromatic rings. The van der Waals surface area contributed by atoms with Crippen LogP contribution >= 0.6 is 11.6 Å². The molecule has 1 atom stereocenters. The monoisotopic (exact) mass is 594 g/mol. The van der Waals surface area contributed by atoms with E-state index < -0.39 is 50.9 Å². The maximum Gasteiger partial charge on any atom is 0.417 e. The van der Waals surface area contributed by atoms with Crippen molar-refractivity contribution in [3.05, 3.63) is 88.4 Å². The number of benzene rings is 3. The largest absolute Gasteiger partial charge is 0.487 e. The highest BCUT2D eigenvalue weighted by Gasteiger charge is 2.40. The highest BCUT2D eigenvalue weighted by Crippen LogP contribution is 2.43. The van der Waals surface area contributed by atoms with Gasteiger partial charge >= 0.3 is 6.18 Å². The van der Waals surface area contributed by atoms with Crippen LogP contribution in [0, 0.1) is 6.92 Å². The third-order valence-corrected chi connectivity index (χ3v) is 9.38. The summed E-state index contributed by atoms with van der Waals surface area (Å²) < 4.78 is 75.4. The average molecular weight is 595 g/mol. The van der Waals surface area contributed by atoms with Gasteiger partial charge in [-0.25, -0.2) is 8.42 Å². The van der Waals surface area contributed by atoms with Crippen molar-refractivity contribution in [1.82, 2.24) is 5.32 Å². The molecule has 11 heteroatoms. The highest BCUT2D eigenvalue weighted by molar-refractivity contribution is 7.92. The van der Waals surface area contributed by atoms with E-state index in [4.69, 9.17) is 16.3 Å². The fourth-order valence-electron chi connectivity index (χ4n) is 4.84. The molecule has 4 rings (SSSR count). The van der Waals surface area contributed by atoms with Gasteiger partial charge in [0.1, 0.15) is 17.9 Å². The number of alkyl halides is 3. The molecule has 0 aliphatic carbocycles. The highest BCUT2D eigenvalue weighted by atomic mass is 35.5. The number of carbonyl (C=O) groups is 1. The van der Waals surface area contributed by atoms with Gasteiger partial charge in [-0.2, -0.15) is 13.2 Å². The Hall–Kier alpha value is -3.24. The minimum atomic E-state index is -4.83. The molecule has 0 spiro atoms. The van der Waals surface area contributed by atoms with Gasteiger partial charge in [-0.1, -0.05) is 61.3 Å². The summed E-state index contributed by atoms with van der Waals surface area (Å²) in [5, 5.41) is 2.33. The Bertz CT molecular complexity index is 1490. The zero-order valence-corrected chi connectivity index (χ0v) is 23.8. The van der Waals surface area contributed by atoms with E-state index in [1.165, 1.54) is 12.1 Å². The first-order chi connectivity index (χ1) is 18.8. The molecule has 40 heavy (non-hydrogen) atoms. The minimum Gasteiger partial charge on any atom is -0.487 e. The third-order valence-electron chi connectivity index (χ3n) is 7.26. The van der Waals surface area contributed by atoms with Crippen molar-refractivity contribution in [3.8, 4) is 5.75 Å². The summed E-state index contributed by atoms with van der Waals surface area (Å²) in [6, 6.07) is 15.4. The van der Waals surface area contributed by atoms with E-state index in [1.54, 1.807) is 19.1 Å². The van der Waals surface area contributed by atoms with Gasteiger partial charge in [-0.3, -0.25) is 9.10 Å². The van der Waals surface area contributed by atoms with E-state index in [2.05, 4.69) is 5.32 Å². The zero-order valence-electron chi connectivity index (χ0n) is 22.3. The van der Waals surface area contributed by atoms with Gasteiger partial charge in [-0.05, 0) is 56.2 Å². The van der Waals surface area contributed by atoms with Gasteiger partial charge in [-0.15, -0.1) is 0 Å². The Morgan fingerprint density at radius 3 is 2.35 bits per heavy atom. The topological polar surface area (TPSA) is 75.7 Å². The van der Waals surface area contributed by atoms with Crippen molar-refractivity contribution in [3.63, 3.8) is 0 Å². The first-order valence-electron chi connectivity index (χ1n) is 12.8. The van der Waals surface area contributed by atoms with Crippen LogP contribution in [0.3, 0.4) is 0 Å². The Morgan fingerprint density at radius 1 is 1.07 bits per heavy atom. The van der Waals surface area contributed by atoms with Gasteiger partial charge in [0.15, 0.2) is 0 Å². The summed E-state index contributed by atoms with van der Waals surface area (Å²) >= 11 is 5.79. The summed E-state index contributed by atoms with van der Waals surface area (Å²) in [6.45, 7) is 5.00. The van der Waals surface area contributed by atoms with E-state index in [0.717, 1.165) is 23.3 Å². The Labute approximate surface area is 237 Å². The van der Waals surface area contributed by atoms with Crippen LogP contribution in [0.25, 0.3) is 0 Å². The number of hydrogen-bond acceptors (Lipinski definition) is 4. The number of carbonyl (C=O) groups excluding carboxylic acids is 1. The van der Waals surface area contributed by atoms with E-state index in [0.29, 0.717) is 35.4 Å². The van der Waals surface area contributed by atoms with Crippen LogP contribution in [0.5, 0.6) is 5.75 Å². The van der Waals surface area contributed by atoms with E-state index >= 15 is 0 Å². The Kier molecular flexibility index (Phi) is 8.42. The molecule has 0 saturated heterocycles. The lowest BCUT2D eigenvalue weighted by molar-refractivity contribution is -0.137. The number of amides is 1. The standard InChI is InChI=1S/C29H30ClF3N2O4S/c1-4-28(5-2)17-25(22-8-6-7-9-26(22)39-28)34-27(36)18-35(40(37,38)21-13-10-19(3)11-14-21)20-12-15-24(30)23(16-20)29(31,32)33/h6-16,25H,4-5,17-18H2,1-3H3,(H,34,36). The lowest BCUT2D eigenvalue weighted by atomic mass is 9.83. The van der Waals surface area contributed by atoms with Gasteiger partial charge in [0.05, 0.1) is 27.2 Å². The van der Waals surface area contributed by atoms with Crippen molar-refractivity contribution >= 4 is 33.2 Å². The fourth-order valence-corrected chi connectivity index (χ4v) is 6.48. The number of para-hydroxylation sites is 1. The molecule has 0 radical (unpaired) electrons. The second-order valence-electron chi connectivity index (χ2n) is 9.84. The van der Waals surface area contributed by atoms with Gasteiger partial charge in [0.2, 0.25) is 5.91 Å². The molecule has 0 saturated carbocycles. The number of rotatable bonds is 8. The maximum absolute atomic E-state index is 13.7. The van der Waals surface area contributed by atoms with Crippen molar-refractivity contribution in [2.24, 2.45) is 0 Å². The number of ether oxygens (including phenoxy) is 1. The number of halogens is 4. The molecule has 1 heterocycles. The van der Waals surface area contributed by atoms with Gasteiger partial charge in [0, 0.05) is 12.0 Å².